The van der Waals surface area contributed by atoms with Crippen LogP contribution < -0.4 is 16.2 Å². The number of carbonyl (C=O) groups is 1. The fraction of sp³-hybridized carbons (Fsp3) is 0.400. The zero-order valence-corrected chi connectivity index (χ0v) is 8.91. The maximum Gasteiger partial charge on any atom is 0.251 e. The summed E-state index contributed by atoms with van der Waals surface area (Å²) in [6.45, 7) is 1.25. The summed E-state index contributed by atoms with van der Waals surface area (Å²) in [5, 5.41) is 5.61. The van der Waals surface area contributed by atoms with Gasteiger partial charge in [-0.2, -0.15) is 0 Å². The van der Waals surface area contributed by atoms with Crippen molar-refractivity contribution in [2.45, 2.75) is 0 Å². The molecule has 0 bridgehead atoms. The average molecular weight is 209 g/mol. The molecule has 82 valence electrons. The first-order valence-corrected chi connectivity index (χ1v) is 4.74. The van der Waals surface area contributed by atoms with Crippen molar-refractivity contribution >= 4 is 5.91 Å². The van der Waals surface area contributed by atoms with Crippen LogP contribution in [0, 0.1) is 0 Å². The topological polar surface area (TPSA) is 63.1 Å². The molecule has 0 radical (unpaired) electrons. The summed E-state index contributed by atoms with van der Waals surface area (Å²) in [7, 11) is 3.45. The van der Waals surface area contributed by atoms with E-state index in [1.807, 2.05) is 7.05 Å². The molecule has 15 heavy (non-hydrogen) atoms. The van der Waals surface area contributed by atoms with Gasteiger partial charge in [0.05, 0.1) is 0 Å². The molecule has 0 aliphatic carbocycles. The van der Waals surface area contributed by atoms with Gasteiger partial charge in [0.25, 0.3) is 11.5 Å². The van der Waals surface area contributed by atoms with E-state index in [0.717, 1.165) is 0 Å². The molecule has 0 aliphatic heterocycles. The zero-order valence-electron chi connectivity index (χ0n) is 8.91. The predicted molar refractivity (Wildman–Crippen MR) is 57.9 cm³/mol. The molecule has 0 atom stereocenters. The van der Waals surface area contributed by atoms with E-state index in [2.05, 4.69) is 10.6 Å². The Labute approximate surface area is 88.1 Å². The maximum atomic E-state index is 11.5. The first-order chi connectivity index (χ1) is 7.15. The zero-order chi connectivity index (χ0) is 11.3. The lowest BCUT2D eigenvalue weighted by atomic mass is 10.2. The van der Waals surface area contributed by atoms with E-state index in [0.29, 0.717) is 18.7 Å². The monoisotopic (exact) mass is 209 g/mol. The van der Waals surface area contributed by atoms with Crippen molar-refractivity contribution in [1.29, 1.82) is 0 Å². The summed E-state index contributed by atoms with van der Waals surface area (Å²) in [6, 6.07) is 2.95. The van der Waals surface area contributed by atoms with Crippen LogP contribution in [-0.2, 0) is 7.05 Å². The molecule has 2 N–H and O–H groups in total. The quantitative estimate of drug-likeness (QED) is 0.647. The second-order valence-corrected chi connectivity index (χ2v) is 3.22. The molecule has 1 aromatic rings. The number of nitrogens with one attached hydrogen (secondary N) is 2. The number of pyridine rings is 1. The third-order valence-electron chi connectivity index (χ3n) is 2.03. The number of nitrogens with zero attached hydrogens (tertiary/aromatic N) is 1. The van der Waals surface area contributed by atoms with Gasteiger partial charge in [-0.05, 0) is 13.1 Å². The number of aromatic nitrogens is 1. The molecule has 0 fully saturated rings. The minimum absolute atomic E-state index is 0.184. The summed E-state index contributed by atoms with van der Waals surface area (Å²) in [6.07, 6.45) is 1.58. The molecule has 1 aromatic heterocycles. The van der Waals surface area contributed by atoms with Crippen LogP contribution in [0.3, 0.4) is 0 Å². The van der Waals surface area contributed by atoms with Crippen LogP contribution in [0.25, 0.3) is 0 Å². The van der Waals surface area contributed by atoms with Gasteiger partial charge in [0.15, 0.2) is 0 Å². The minimum atomic E-state index is -0.219. The van der Waals surface area contributed by atoms with E-state index in [-0.39, 0.29) is 11.5 Å². The van der Waals surface area contributed by atoms with E-state index in [9.17, 15) is 9.59 Å². The average Bonchev–Trinajstić information content (AvgIpc) is 2.22. The van der Waals surface area contributed by atoms with Gasteiger partial charge >= 0.3 is 0 Å². The van der Waals surface area contributed by atoms with Crippen molar-refractivity contribution in [2.75, 3.05) is 20.1 Å². The Morgan fingerprint density at radius 2 is 2.20 bits per heavy atom. The van der Waals surface area contributed by atoms with Gasteiger partial charge < -0.3 is 15.2 Å². The molecule has 0 saturated heterocycles. The van der Waals surface area contributed by atoms with Crippen molar-refractivity contribution in [1.82, 2.24) is 15.2 Å². The molecule has 5 heteroatoms. The Morgan fingerprint density at radius 3 is 2.80 bits per heavy atom. The smallest absolute Gasteiger partial charge is 0.251 e. The number of hydrogen-bond donors (Lipinski definition) is 2. The maximum absolute atomic E-state index is 11.5. The molecule has 1 heterocycles. The number of aryl methyl sites for hydroxylation is 1. The number of amides is 1. The number of hydrogen-bond acceptors (Lipinski definition) is 3. The standard InChI is InChI=1S/C10H15N3O2/c1-11-4-5-12-10(15)8-3-6-13(2)9(14)7-8/h3,6-7,11H,4-5H2,1-2H3,(H,12,15). The second kappa shape index (κ2) is 5.31. The minimum Gasteiger partial charge on any atom is -0.351 e. The van der Waals surface area contributed by atoms with Gasteiger partial charge in [0.2, 0.25) is 0 Å². The Bertz CT molecular complexity index is 398. The molecule has 1 rings (SSSR count). The highest BCUT2D eigenvalue weighted by Crippen LogP contribution is 1.93. The van der Waals surface area contributed by atoms with E-state index in [1.54, 1.807) is 19.3 Å². The van der Waals surface area contributed by atoms with Crippen LogP contribution in [0.4, 0.5) is 0 Å². The highest BCUT2D eigenvalue weighted by Gasteiger charge is 2.04. The lowest BCUT2D eigenvalue weighted by molar-refractivity contribution is 0.0954. The number of carbonyl (C=O) groups excluding carboxylic acids is 1. The Morgan fingerprint density at radius 1 is 1.47 bits per heavy atom. The third kappa shape index (κ3) is 3.21. The highest BCUT2D eigenvalue weighted by molar-refractivity contribution is 5.93. The number of likely N-dealkylation sites (N-methyl/N-ethyl adjacent to an activating group) is 1. The SMILES string of the molecule is CNCCNC(=O)c1ccn(C)c(=O)c1. The fourth-order valence-corrected chi connectivity index (χ4v) is 1.09. The van der Waals surface area contributed by atoms with Crippen molar-refractivity contribution in [2.24, 2.45) is 7.05 Å². The lowest BCUT2D eigenvalue weighted by Crippen LogP contribution is -2.31. The molecular weight excluding hydrogens is 194 g/mol. The van der Waals surface area contributed by atoms with Crippen LogP contribution in [-0.4, -0.2) is 30.6 Å². The van der Waals surface area contributed by atoms with Crippen molar-refractivity contribution in [3.8, 4) is 0 Å². The van der Waals surface area contributed by atoms with Crippen molar-refractivity contribution in [3.63, 3.8) is 0 Å². The first kappa shape index (κ1) is 11.5. The summed E-state index contributed by atoms with van der Waals surface area (Å²) < 4.78 is 1.42. The van der Waals surface area contributed by atoms with Gasteiger partial charge in [-0.3, -0.25) is 9.59 Å². The van der Waals surface area contributed by atoms with E-state index in [1.165, 1.54) is 10.6 Å². The molecule has 0 spiro atoms. The van der Waals surface area contributed by atoms with Crippen molar-refractivity contribution in [3.05, 3.63) is 34.2 Å². The van der Waals surface area contributed by atoms with Crippen LogP contribution in [0.1, 0.15) is 10.4 Å². The Kier molecular flexibility index (Phi) is 4.05. The molecule has 0 saturated carbocycles. The Hall–Kier alpha value is -1.62. The van der Waals surface area contributed by atoms with E-state index < -0.39 is 0 Å². The molecule has 0 unspecified atom stereocenters. The highest BCUT2D eigenvalue weighted by atomic mass is 16.2. The van der Waals surface area contributed by atoms with Crippen LogP contribution in [0.15, 0.2) is 23.1 Å². The molecule has 0 aromatic carbocycles. The fourth-order valence-electron chi connectivity index (χ4n) is 1.09. The molecule has 5 nitrogen and oxygen atoms in total. The van der Waals surface area contributed by atoms with E-state index >= 15 is 0 Å². The molecule has 0 aliphatic rings. The van der Waals surface area contributed by atoms with Gasteiger partial charge in [-0.25, -0.2) is 0 Å². The summed E-state index contributed by atoms with van der Waals surface area (Å²) in [4.78, 5) is 22.7. The number of rotatable bonds is 4. The van der Waals surface area contributed by atoms with E-state index in [4.69, 9.17) is 0 Å². The Balaban J connectivity index is 2.66. The summed E-state index contributed by atoms with van der Waals surface area (Å²) in [5.41, 5.74) is 0.213. The van der Waals surface area contributed by atoms with Gasteiger partial charge in [-0.15, -0.1) is 0 Å². The molecule has 1 amide bonds. The van der Waals surface area contributed by atoms with Crippen LogP contribution >= 0.6 is 0 Å². The third-order valence-corrected chi connectivity index (χ3v) is 2.03. The van der Waals surface area contributed by atoms with Gasteiger partial charge in [-0.1, -0.05) is 0 Å². The molecular formula is C10H15N3O2. The largest absolute Gasteiger partial charge is 0.351 e. The van der Waals surface area contributed by atoms with Crippen LogP contribution in [0.2, 0.25) is 0 Å². The first-order valence-electron chi connectivity index (χ1n) is 4.74. The lowest BCUT2D eigenvalue weighted by Gasteiger charge is -2.04. The normalized spacial score (nSPS) is 10.0. The van der Waals surface area contributed by atoms with Crippen LogP contribution in [0.5, 0.6) is 0 Å². The van der Waals surface area contributed by atoms with Crippen molar-refractivity contribution < 1.29 is 4.79 Å². The predicted octanol–water partition coefficient (Wildman–Crippen LogP) is -0.666. The second-order valence-electron chi connectivity index (χ2n) is 3.22. The van der Waals surface area contributed by atoms with Gasteiger partial charge in [0.1, 0.15) is 0 Å². The van der Waals surface area contributed by atoms with Gasteiger partial charge in [0, 0.05) is 38.0 Å². The summed E-state index contributed by atoms with van der Waals surface area (Å²) >= 11 is 0. The summed E-state index contributed by atoms with van der Waals surface area (Å²) in [5.74, 6) is -0.219.